The molecule has 1 aromatic heterocycles. The van der Waals surface area contributed by atoms with Gasteiger partial charge in [-0.05, 0) is 31.9 Å². The Morgan fingerprint density at radius 2 is 2.15 bits per heavy atom. The predicted molar refractivity (Wildman–Crippen MR) is 78.6 cm³/mol. The van der Waals surface area contributed by atoms with E-state index in [-0.39, 0.29) is 12.5 Å². The Bertz CT molecular complexity index is 472. The lowest BCUT2D eigenvalue weighted by Gasteiger charge is -2.29. The zero-order valence-electron chi connectivity index (χ0n) is 11.8. The van der Waals surface area contributed by atoms with Crippen molar-refractivity contribution in [2.24, 2.45) is 5.73 Å². The standard InChI is InChI=1S/C14H22N4O2/c1-2-20-14-11(15)7-8-13(17-14)18(9-12(16)19)10-5-3-4-6-10/h7-8,10H,2-6,9,15H2,1H3,(H2,16,19). The molecule has 110 valence electrons. The van der Waals surface area contributed by atoms with Gasteiger partial charge in [-0.1, -0.05) is 12.8 Å². The van der Waals surface area contributed by atoms with Crippen LogP contribution in [0.4, 0.5) is 11.5 Å². The van der Waals surface area contributed by atoms with Crippen LogP contribution in [0.5, 0.6) is 5.88 Å². The Labute approximate surface area is 119 Å². The third kappa shape index (κ3) is 3.31. The SMILES string of the molecule is CCOc1nc(N(CC(N)=O)C2CCCC2)ccc1N. The van der Waals surface area contributed by atoms with Gasteiger partial charge in [0, 0.05) is 6.04 Å². The number of hydrogen-bond donors (Lipinski definition) is 2. The maximum Gasteiger partial charge on any atom is 0.239 e. The van der Waals surface area contributed by atoms with Crippen molar-refractivity contribution in [2.75, 3.05) is 23.8 Å². The third-order valence-corrected chi connectivity index (χ3v) is 3.54. The molecule has 0 atom stereocenters. The van der Waals surface area contributed by atoms with E-state index in [9.17, 15) is 4.79 Å². The first kappa shape index (κ1) is 14.4. The smallest absolute Gasteiger partial charge is 0.239 e. The Kier molecular flexibility index (Phi) is 4.65. The highest BCUT2D eigenvalue weighted by Gasteiger charge is 2.25. The molecule has 0 aromatic carbocycles. The van der Waals surface area contributed by atoms with Crippen LogP contribution in [0, 0.1) is 0 Å². The second-order valence-electron chi connectivity index (χ2n) is 5.03. The largest absolute Gasteiger partial charge is 0.476 e. The summed E-state index contributed by atoms with van der Waals surface area (Å²) in [6.07, 6.45) is 4.47. The van der Waals surface area contributed by atoms with E-state index in [2.05, 4.69) is 4.98 Å². The predicted octanol–water partition coefficient (Wildman–Crippen LogP) is 1.30. The fourth-order valence-electron chi connectivity index (χ4n) is 2.63. The number of anilines is 2. The lowest BCUT2D eigenvalue weighted by Crippen LogP contribution is -2.40. The highest BCUT2D eigenvalue weighted by molar-refractivity contribution is 5.79. The van der Waals surface area contributed by atoms with E-state index in [0.717, 1.165) is 12.8 Å². The van der Waals surface area contributed by atoms with Crippen molar-refractivity contribution in [2.45, 2.75) is 38.6 Å². The van der Waals surface area contributed by atoms with Crippen molar-refractivity contribution < 1.29 is 9.53 Å². The quantitative estimate of drug-likeness (QED) is 0.817. The Morgan fingerprint density at radius 3 is 2.75 bits per heavy atom. The van der Waals surface area contributed by atoms with Crippen LogP contribution in [-0.2, 0) is 4.79 Å². The summed E-state index contributed by atoms with van der Waals surface area (Å²) in [6, 6.07) is 3.89. The first-order valence-corrected chi connectivity index (χ1v) is 7.06. The number of carbonyl (C=O) groups is 1. The van der Waals surface area contributed by atoms with E-state index in [1.807, 2.05) is 17.9 Å². The average molecular weight is 278 g/mol. The highest BCUT2D eigenvalue weighted by atomic mass is 16.5. The van der Waals surface area contributed by atoms with Crippen molar-refractivity contribution in [3.8, 4) is 5.88 Å². The minimum Gasteiger partial charge on any atom is -0.476 e. The molecule has 0 spiro atoms. The summed E-state index contributed by atoms with van der Waals surface area (Å²) in [5.74, 6) is 0.763. The van der Waals surface area contributed by atoms with Crippen molar-refractivity contribution in [3.05, 3.63) is 12.1 Å². The number of nitrogens with two attached hydrogens (primary N) is 2. The van der Waals surface area contributed by atoms with E-state index in [4.69, 9.17) is 16.2 Å². The fraction of sp³-hybridized carbons (Fsp3) is 0.571. The molecule has 1 heterocycles. The van der Waals surface area contributed by atoms with Gasteiger partial charge in [0.15, 0.2) is 0 Å². The molecule has 2 rings (SSSR count). The Balaban J connectivity index is 2.27. The first-order chi connectivity index (χ1) is 9.61. The van der Waals surface area contributed by atoms with Crippen molar-refractivity contribution in [1.82, 2.24) is 4.98 Å². The van der Waals surface area contributed by atoms with Gasteiger partial charge in [0.1, 0.15) is 5.82 Å². The summed E-state index contributed by atoms with van der Waals surface area (Å²) in [5.41, 5.74) is 11.7. The average Bonchev–Trinajstić information content (AvgIpc) is 2.92. The summed E-state index contributed by atoms with van der Waals surface area (Å²) < 4.78 is 5.42. The number of rotatable bonds is 6. The van der Waals surface area contributed by atoms with E-state index in [0.29, 0.717) is 30.0 Å². The molecule has 20 heavy (non-hydrogen) atoms. The maximum atomic E-state index is 11.3. The molecule has 6 heteroatoms. The lowest BCUT2D eigenvalue weighted by molar-refractivity contribution is -0.116. The summed E-state index contributed by atoms with van der Waals surface area (Å²) in [4.78, 5) is 17.7. The number of hydrogen-bond acceptors (Lipinski definition) is 5. The number of ether oxygens (including phenoxy) is 1. The van der Waals surface area contributed by atoms with Gasteiger partial charge >= 0.3 is 0 Å². The molecule has 1 aromatic rings. The van der Waals surface area contributed by atoms with E-state index in [1.165, 1.54) is 12.8 Å². The zero-order chi connectivity index (χ0) is 14.5. The second-order valence-corrected chi connectivity index (χ2v) is 5.03. The third-order valence-electron chi connectivity index (χ3n) is 3.54. The van der Waals surface area contributed by atoms with Crippen molar-refractivity contribution in [1.29, 1.82) is 0 Å². The number of aromatic nitrogens is 1. The van der Waals surface area contributed by atoms with Gasteiger partial charge < -0.3 is 21.1 Å². The van der Waals surface area contributed by atoms with Crippen LogP contribution in [0.25, 0.3) is 0 Å². The number of pyridine rings is 1. The Morgan fingerprint density at radius 1 is 1.45 bits per heavy atom. The molecule has 1 amide bonds. The molecule has 0 bridgehead atoms. The summed E-state index contributed by atoms with van der Waals surface area (Å²) in [5, 5.41) is 0. The molecule has 1 saturated carbocycles. The molecular weight excluding hydrogens is 256 g/mol. The Hall–Kier alpha value is -1.98. The first-order valence-electron chi connectivity index (χ1n) is 7.06. The fourth-order valence-corrected chi connectivity index (χ4v) is 2.63. The second kappa shape index (κ2) is 6.45. The van der Waals surface area contributed by atoms with Gasteiger partial charge in [0.2, 0.25) is 11.8 Å². The number of amides is 1. The molecule has 1 aliphatic carbocycles. The molecule has 4 N–H and O–H groups in total. The van der Waals surface area contributed by atoms with Crippen LogP contribution in [0.15, 0.2) is 12.1 Å². The van der Waals surface area contributed by atoms with Gasteiger partial charge in [-0.2, -0.15) is 4.98 Å². The van der Waals surface area contributed by atoms with E-state index < -0.39 is 0 Å². The molecule has 6 nitrogen and oxygen atoms in total. The van der Waals surface area contributed by atoms with Crippen LogP contribution in [0.3, 0.4) is 0 Å². The monoisotopic (exact) mass is 278 g/mol. The van der Waals surface area contributed by atoms with Gasteiger partial charge in [0.25, 0.3) is 0 Å². The van der Waals surface area contributed by atoms with E-state index >= 15 is 0 Å². The van der Waals surface area contributed by atoms with Crippen LogP contribution in [0.1, 0.15) is 32.6 Å². The molecule has 0 radical (unpaired) electrons. The van der Waals surface area contributed by atoms with Crippen molar-refractivity contribution in [3.63, 3.8) is 0 Å². The molecule has 0 aliphatic heterocycles. The molecule has 0 unspecified atom stereocenters. The zero-order valence-corrected chi connectivity index (χ0v) is 11.8. The van der Waals surface area contributed by atoms with Gasteiger partial charge in [-0.15, -0.1) is 0 Å². The maximum absolute atomic E-state index is 11.3. The summed E-state index contributed by atoms with van der Waals surface area (Å²) in [6.45, 7) is 2.55. The van der Waals surface area contributed by atoms with Crippen LogP contribution in [-0.4, -0.2) is 30.1 Å². The van der Waals surface area contributed by atoms with Crippen LogP contribution in [0.2, 0.25) is 0 Å². The molecular formula is C14H22N4O2. The number of carbonyl (C=O) groups excluding carboxylic acids is 1. The molecule has 1 aliphatic rings. The summed E-state index contributed by atoms with van der Waals surface area (Å²) >= 11 is 0. The van der Waals surface area contributed by atoms with Gasteiger partial charge in [-0.3, -0.25) is 4.79 Å². The van der Waals surface area contributed by atoms with Gasteiger partial charge in [-0.25, -0.2) is 0 Å². The minimum absolute atomic E-state index is 0.174. The number of primary amides is 1. The van der Waals surface area contributed by atoms with Crippen LogP contribution < -0.4 is 21.1 Å². The molecule has 0 saturated heterocycles. The normalized spacial score (nSPS) is 15.2. The number of nitrogen functional groups attached to an aromatic ring is 1. The van der Waals surface area contributed by atoms with Crippen LogP contribution >= 0.6 is 0 Å². The minimum atomic E-state index is -0.353. The summed E-state index contributed by atoms with van der Waals surface area (Å²) in [7, 11) is 0. The van der Waals surface area contributed by atoms with E-state index in [1.54, 1.807) is 6.07 Å². The number of nitrogens with zero attached hydrogens (tertiary/aromatic N) is 2. The van der Waals surface area contributed by atoms with Crippen molar-refractivity contribution >= 4 is 17.4 Å². The topological polar surface area (TPSA) is 94.5 Å². The van der Waals surface area contributed by atoms with Gasteiger partial charge in [0.05, 0.1) is 18.8 Å². The lowest BCUT2D eigenvalue weighted by atomic mass is 10.2. The molecule has 1 fully saturated rings. The highest BCUT2D eigenvalue weighted by Crippen LogP contribution is 2.29.